The van der Waals surface area contributed by atoms with E-state index in [1.807, 2.05) is 18.2 Å². The molecule has 1 N–H and O–H groups in total. The molecule has 3 atom stereocenters. The van der Waals surface area contributed by atoms with Crippen LogP contribution in [-0.4, -0.2) is 46.5 Å². The van der Waals surface area contributed by atoms with Crippen LogP contribution < -0.4 is 9.47 Å². The summed E-state index contributed by atoms with van der Waals surface area (Å²) in [6.45, 7) is 4.38. The summed E-state index contributed by atoms with van der Waals surface area (Å²) in [4.78, 5) is 27.0. The van der Waals surface area contributed by atoms with Crippen molar-refractivity contribution in [1.29, 1.82) is 0 Å². The van der Waals surface area contributed by atoms with E-state index in [1.54, 1.807) is 31.3 Å². The number of carboxylic acids is 1. The number of amides is 1. The number of aliphatic carboxylic acids is 1. The lowest BCUT2D eigenvalue weighted by Gasteiger charge is -2.26. The van der Waals surface area contributed by atoms with Gasteiger partial charge in [0.15, 0.2) is 0 Å². The Morgan fingerprint density at radius 2 is 1.92 bits per heavy atom. The third-order valence-corrected chi connectivity index (χ3v) is 8.35. The maximum Gasteiger partial charge on any atom is 0.303 e. The lowest BCUT2D eigenvalue weighted by molar-refractivity contribution is -0.137. The summed E-state index contributed by atoms with van der Waals surface area (Å²) in [5.74, 6) is 2.18. The zero-order valence-corrected chi connectivity index (χ0v) is 22.5. The highest BCUT2D eigenvalue weighted by Crippen LogP contribution is 2.43. The first-order valence-corrected chi connectivity index (χ1v) is 13.3. The Kier molecular flexibility index (Phi) is 8.10. The number of hydrogen-bond acceptors (Lipinski definition) is 7. The molecule has 0 radical (unpaired) electrons. The van der Waals surface area contributed by atoms with Crippen LogP contribution in [0.1, 0.15) is 50.9 Å². The molecule has 0 spiro atoms. The van der Waals surface area contributed by atoms with E-state index < -0.39 is 5.97 Å². The van der Waals surface area contributed by atoms with Crippen molar-refractivity contribution >= 4 is 46.3 Å². The van der Waals surface area contributed by atoms with Gasteiger partial charge in [-0.05, 0) is 54.9 Å². The molecule has 1 saturated heterocycles. The average Bonchev–Trinajstić information content (AvgIpc) is 3.52. The SMILES string of the molecule is CCC1CC(C)C(N2C(=O)/C(=C/c3oc(-c4cc(OC)cc(OC)c4)cc3CCC(=O)O)SC2=S)C1. The molecule has 1 aromatic heterocycles. The molecule has 1 saturated carbocycles. The van der Waals surface area contributed by atoms with Gasteiger partial charge in [0.25, 0.3) is 5.91 Å². The van der Waals surface area contributed by atoms with E-state index >= 15 is 0 Å². The molecule has 192 valence electrons. The molecule has 1 aliphatic carbocycles. The number of carbonyl (C=O) groups excluding carboxylic acids is 1. The Balaban J connectivity index is 1.68. The number of aryl methyl sites for hydroxylation is 1. The quantitative estimate of drug-likeness (QED) is 0.312. The molecule has 0 bridgehead atoms. The fourth-order valence-electron chi connectivity index (χ4n) is 5.02. The first kappa shape index (κ1) is 26.3. The van der Waals surface area contributed by atoms with Gasteiger partial charge in [0.1, 0.15) is 27.3 Å². The number of nitrogens with zero attached hydrogens (tertiary/aromatic N) is 1. The highest BCUT2D eigenvalue weighted by molar-refractivity contribution is 8.26. The minimum atomic E-state index is -0.904. The van der Waals surface area contributed by atoms with Gasteiger partial charge in [0.05, 0.1) is 19.1 Å². The minimum Gasteiger partial charge on any atom is -0.497 e. The summed E-state index contributed by atoms with van der Waals surface area (Å²) in [6, 6.07) is 7.32. The van der Waals surface area contributed by atoms with E-state index in [0.29, 0.717) is 49.6 Å². The van der Waals surface area contributed by atoms with Gasteiger partial charge in [0.2, 0.25) is 0 Å². The average molecular weight is 530 g/mol. The second kappa shape index (κ2) is 11.1. The Morgan fingerprint density at radius 1 is 1.22 bits per heavy atom. The van der Waals surface area contributed by atoms with Crippen molar-refractivity contribution in [3.63, 3.8) is 0 Å². The number of hydrogen-bond donors (Lipinski definition) is 1. The lowest BCUT2D eigenvalue weighted by atomic mass is 10.0. The van der Waals surface area contributed by atoms with Crippen molar-refractivity contribution < 1.29 is 28.6 Å². The van der Waals surface area contributed by atoms with Crippen molar-refractivity contribution in [2.24, 2.45) is 11.8 Å². The number of carbonyl (C=O) groups is 2. The largest absolute Gasteiger partial charge is 0.497 e. The molecule has 1 amide bonds. The number of thioether (sulfide) groups is 1. The van der Waals surface area contributed by atoms with Gasteiger partial charge in [-0.15, -0.1) is 0 Å². The third-order valence-electron chi connectivity index (χ3n) is 7.02. The van der Waals surface area contributed by atoms with Gasteiger partial charge in [-0.2, -0.15) is 0 Å². The fraction of sp³-hybridized carbons (Fsp3) is 0.444. The highest BCUT2D eigenvalue weighted by atomic mass is 32.2. The minimum absolute atomic E-state index is 0.0554. The molecule has 1 aromatic carbocycles. The lowest BCUT2D eigenvalue weighted by Crippen LogP contribution is -2.40. The van der Waals surface area contributed by atoms with Gasteiger partial charge >= 0.3 is 5.97 Å². The molecule has 2 heterocycles. The number of ether oxygens (including phenoxy) is 2. The second-order valence-corrected chi connectivity index (χ2v) is 11.0. The number of furan rings is 1. The molecule has 9 heteroatoms. The van der Waals surface area contributed by atoms with Crippen LogP contribution in [0, 0.1) is 11.8 Å². The van der Waals surface area contributed by atoms with Gasteiger partial charge < -0.3 is 19.0 Å². The predicted octanol–water partition coefficient (Wildman–Crippen LogP) is 6.01. The van der Waals surface area contributed by atoms with Gasteiger partial charge in [-0.1, -0.05) is 44.2 Å². The van der Waals surface area contributed by atoms with Crippen molar-refractivity contribution in [3.8, 4) is 22.8 Å². The van der Waals surface area contributed by atoms with Crippen LogP contribution in [0.5, 0.6) is 11.5 Å². The molecule has 2 aromatic rings. The van der Waals surface area contributed by atoms with Crippen LogP contribution in [0.3, 0.4) is 0 Å². The summed E-state index contributed by atoms with van der Waals surface area (Å²) in [6.07, 6.45) is 5.08. The van der Waals surface area contributed by atoms with Crippen LogP contribution >= 0.6 is 24.0 Å². The number of carboxylic acid groups (broad SMARTS) is 1. The van der Waals surface area contributed by atoms with Gasteiger partial charge in [-0.3, -0.25) is 14.5 Å². The summed E-state index contributed by atoms with van der Waals surface area (Å²) in [7, 11) is 3.14. The van der Waals surface area contributed by atoms with Gasteiger partial charge in [0, 0.05) is 30.2 Å². The van der Waals surface area contributed by atoms with Crippen molar-refractivity contribution in [3.05, 3.63) is 40.5 Å². The highest BCUT2D eigenvalue weighted by Gasteiger charge is 2.43. The maximum absolute atomic E-state index is 13.4. The molecule has 2 aliphatic rings. The van der Waals surface area contributed by atoms with Crippen LogP contribution in [0.4, 0.5) is 0 Å². The maximum atomic E-state index is 13.4. The standard InChI is InChI=1S/C27H31NO6S2/c1-5-16-8-15(2)21(9-16)28-26(31)24(36-27(28)35)14-23-17(6-7-25(29)30)12-22(34-23)18-10-19(32-3)13-20(11-18)33-4/h10-16,21H,5-9H2,1-4H3,(H,29,30)/b24-14-. The first-order chi connectivity index (χ1) is 17.2. The van der Waals surface area contributed by atoms with Crippen LogP contribution in [0.15, 0.2) is 33.6 Å². The van der Waals surface area contributed by atoms with E-state index in [9.17, 15) is 14.7 Å². The number of rotatable bonds is 9. The molecular weight excluding hydrogens is 498 g/mol. The third kappa shape index (κ3) is 5.47. The van der Waals surface area contributed by atoms with Crippen LogP contribution in [0.2, 0.25) is 0 Å². The smallest absolute Gasteiger partial charge is 0.303 e. The van der Waals surface area contributed by atoms with Gasteiger partial charge in [-0.25, -0.2) is 0 Å². The Hall–Kier alpha value is -2.78. The summed E-state index contributed by atoms with van der Waals surface area (Å²) in [5, 5.41) is 9.25. The Morgan fingerprint density at radius 3 is 2.50 bits per heavy atom. The molecule has 7 nitrogen and oxygen atoms in total. The Labute approximate surface area is 220 Å². The van der Waals surface area contributed by atoms with Crippen molar-refractivity contribution in [2.75, 3.05) is 14.2 Å². The number of thiocarbonyl (C=S) groups is 1. The summed E-state index contributed by atoms with van der Waals surface area (Å²) >= 11 is 6.90. The zero-order chi connectivity index (χ0) is 26.0. The zero-order valence-electron chi connectivity index (χ0n) is 20.9. The van der Waals surface area contributed by atoms with E-state index in [-0.39, 0.29) is 24.8 Å². The van der Waals surface area contributed by atoms with E-state index in [4.69, 9.17) is 26.1 Å². The van der Waals surface area contributed by atoms with E-state index in [1.165, 1.54) is 11.8 Å². The molecule has 1 aliphatic heterocycles. The first-order valence-electron chi connectivity index (χ1n) is 12.1. The van der Waals surface area contributed by atoms with Crippen molar-refractivity contribution in [1.82, 2.24) is 4.90 Å². The molecule has 36 heavy (non-hydrogen) atoms. The number of methoxy groups -OCH3 is 2. The molecule has 2 fully saturated rings. The molecule has 3 unspecified atom stereocenters. The normalized spacial score (nSPS) is 23.1. The van der Waals surface area contributed by atoms with E-state index in [0.717, 1.165) is 24.8 Å². The summed E-state index contributed by atoms with van der Waals surface area (Å²) < 4.78 is 17.5. The van der Waals surface area contributed by atoms with Crippen LogP contribution in [-0.2, 0) is 16.0 Å². The predicted molar refractivity (Wildman–Crippen MR) is 144 cm³/mol. The molecular formula is C27H31NO6S2. The van der Waals surface area contributed by atoms with Crippen LogP contribution in [0.25, 0.3) is 17.4 Å². The topological polar surface area (TPSA) is 89.2 Å². The second-order valence-electron chi connectivity index (χ2n) is 9.34. The fourth-order valence-corrected chi connectivity index (χ4v) is 6.37. The van der Waals surface area contributed by atoms with Crippen molar-refractivity contribution in [2.45, 2.75) is 52.0 Å². The Bertz CT molecular complexity index is 1180. The monoisotopic (exact) mass is 529 g/mol. The number of benzene rings is 1. The molecule has 4 rings (SSSR count). The summed E-state index contributed by atoms with van der Waals surface area (Å²) in [5.41, 5.74) is 1.43. The van der Waals surface area contributed by atoms with E-state index in [2.05, 4.69) is 13.8 Å².